The molecule has 3 heterocycles. The van der Waals surface area contributed by atoms with Gasteiger partial charge < -0.3 is 25.5 Å². The zero-order chi connectivity index (χ0) is 16.0. The lowest BCUT2D eigenvalue weighted by Gasteiger charge is -2.16. The number of oxime groups is 1. The normalized spacial score (nSPS) is 31.2. The van der Waals surface area contributed by atoms with Gasteiger partial charge in [-0.25, -0.2) is 15.0 Å². The second-order valence-corrected chi connectivity index (χ2v) is 5.70. The van der Waals surface area contributed by atoms with Crippen LogP contribution >= 0.6 is 0 Å². The number of aromatic nitrogens is 4. The second-order valence-electron chi connectivity index (χ2n) is 5.70. The van der Waals surface area contributed by atoms with Gasteiger partial charge in [-0.2, -0.15) is 0 Å². The topological polar surface area (TPSA) is 138 Å². The number of aliphatic hydroxyl groups is 2. The van der Waals surface area contributed by atoms with Crippen LogP contribution in [0.25, 0.3) is 11.2 Å². The highest BCUT2D eigenvalue weighted by Gasteiger charge is 2.43. The number of imidazole rings is 1. The van der Waals surface area contributed by atoms with Crippen molar-refractivity contribution in [3.8, 4) is 0 Å². The first-order valence-electron chi connectivity index (χ1n) is 7.32. The van der Waals surface area contributed by atoms with Crippen LogP contribution in [0.4, 0.5) is 5.82 Å². The first kappa shape index (κ1) is 14.3. The van der Waals surface area contributed by atoms with Crippen LogP contribution in [-0.2, 0) is 4.74 Å². The Morgan fingerprint density at radius 2 is 2.09 bits per heavy atom. The third kappa shape index (κ3) is 2.40. The molecule has 0 amide bonds. The van der Waals surface area contributed by atoms with Crippen molar-refractivity contribution in [2.45, 2.75) is 43.4 Å². The molecule has 2 aromatic heterocycles. The van der Waals surface area contributed by atoms with Gasteiger partial charge in [0.1, 0.15) is 24.6 Å². The number of anilines is 1. The summed E-state index contributed by atoms with van der Waals surface area (Å²) in [5.74, 6) is 0.637. The monoisotopic (exact) mass is 320 g/mol. The molecule has 0 radical (unpaired) electrons. The quantitative estimate of drug-likeness (QED) is 0.335. The lowest BCUT2D eigenvalue weighted by molar-refractivity contribution is -0.0214. The molecular weight excluding hydrogens is 304 g/mol. The molecule has 1 saturated carbocycles. The van der Waals surface area contributed by atoms with E-state index < -0.39 is 24.5 Å². The van der Waals surface area contributed by atoms with E-state index in [1.807, 2.05) is 0 Å². The van der Waals surface area contributed by atoms with Gasteiger partial charge in [-0.15, -0.1) is 0 Å². The molecule has 1 aliphatic carbocycles. The fourth-order valence-corrected chi connectivity index (χ4v) is 2.67. The summed E-state index contributed by atoms with van der Waals surface area (Å²) in [5, 5.41) is 34.9. The molecule has 1 aliphatic heterocycles. The number of rotatable bonds is 4. The number of fused-ring (bicyclic) bond motifs is 1. The highest BCUT2D eigenvalue weighted by molar-refractivity contribution is 5.83. The van der Waals surface area contributed by atoms with Crippen LogP contribution in [0.5, 0.6) is 0 Å². The lowest BCUT2D eigenvalue weighted by atomic mass is 10.1. The van der Waals surface area contributed by atoms with Gasteiger partial charge in [-0.3, -0.25) is 4.57 Å². The third-order valence-corrected chi connectivity index (χ3v) is 4.04. The maximum Gasteiger partial charge on any atom is 0.167 e. The van der Waals surface area contributed by atoms with Gasteiger partial charge in [-0.05, 0) is 12.8 Å². The summed E-state index contributed by atoms with van der Waals surface area (Å²) >= 11 is 0. The molecule has 0 spiro atoms. The molecule has 1 saturated heterocycles. The summed E-state index contributed by atoms with van der Waals surface area (Å²) in [6.07, 6.45) is 1.92. The summed E-state index contributed by atoms with van der Waals surface area (Å²) in [7, 11) is 0. The van der Waals surface area contributed by atoms with Crippen LogP contribution in [0.3, 0.4) is 0 Å². The van der Waals surface area contributed by atoms with Crippen LogP contribution in [0, 0.1) is 0 Å². The smallest absolute Gasteiger partial charge is 0.167 e. The van der Waals surface area contributed by atoms with Crippen molar-refractivity contribution in [3.05, 3.63) is 12.7 Å². The molecular formula is C13H16N6O4. The molecule has 10 heteroatoms. The van der Waals surface area contributed by atoms with Crippen LogP contribution in [0.2, 0.25) is 0 Å². The summed E-state index contributed by atoms with van der Waals surface area (Å²) < 4.78 is 7.08. The van der Waals surface area contributed by atoms with E-state index in [4.69, 9.17) is 9.94 Å². The third-order valence-electron chi connectivity index (χ3n) is 4.04. The molecule has 10 nitrogen and oxygen atoms in total. The Kier molecular flexibility index (Phi) is 3.36. The Labute approximate surface area is 130 Å². The van der Waals surface area contributed by atoms with Crippen molar-refractivity contribution < 1.29 is 20.2 Å². The number of aliphatic hydroxyl groups excluding tert-OH is 2. The van der Waals surface area contributed by atoms with Gasteiger partial charge in [0.15, 0.2) is 23.2 Å². The van der Waals surface area contributed by atoms with E-state index in [1.54, 1.807) is 0 Å². The van der Waals surface area contributed by atoms with Crippen molar-refractivity contribution in [3.63, 3.8) is 0 Å². The van der Waals surface area contributed by atoms with Gasteiger partial charge in [0.25, 0.3) is 0 Å². The lowest BCUT2D eigenvalue weighted by Crippen LogP contribution is -2.32. The molecule has 0 bridgehead atoms. The van der Waals surface area contributed by atoms with E-state index >= 15 is 0 Å². The average Bonchev–Trinajstić information content (AvgIpc) is 3.20. The fourth-order valence-electron chi connectivity index (χ4n) is 2.67. The Morgan fingerprint density at radius 1 is 1.26 bits per heavy atom. The van der Waals surface area contributed by atoms with Gasteiger partial charge in [0, 0.05) is 6.04 Å². The second kappa shape index (κ2) is 5.41. The van der Waals surface area contributed by atoms with Gasteiger partial charge in [-0.1, -0.05) is 5.16 Å². The number of nitrogens with one attached hydrogen (secondary N) is 1. The van der Waals surface area contributed by atoms with Crippen molar-refractivity contribution in [1.29, 1.82) is 0 Å². The molecule has 23 heavy (non-hydrogen) atoms. The highest BCUT2D eigenvalue weighted by Crippen LogP contribution is 2.32. The number of hydrogen-bond acceptors (Lipinski definition) is 9. The SMILES string of the molecule is ON=C[C@H]1O[C@@H](n2cnc3c(NC4CC4)ncnc32)[C@H](O)[C@@H]1O. The van der Waals surface area contributed by atoms with Gasteiger partial charge in [0.05, 0.1) is 12.5 Å². The minimum atomic E-state index is -1.21. The van der Waals surface area contributed by atoms with Crippen LogP contribution in [0.1, 0.15) is 19.1 Å². The molecule has 4 atom stereocenters. The zero-order valence-electron chi connectivity index (χ0n) is 12.0. The van der Waals surface area contributed by atoms with E-state index in [1.165, 1.54) is 17.2 Å². The van der Waals surface area contributed by atoms with Gasteiger partial charge >= 0.3 is 0 Å². The molecule has 2 aliphatic rings. The van der Waals surface area contributed by atoms with Crippen molar-refractivity contribution >= 4 is 23.2 Å². The maximum atomic E-state index is 10.2. The number of nitrogens with zero attached hydrogens (tertiary/aromatic N) is 5. The molecule has 122 valence electrons. The fraction of sp³-hybridized carbons (Fsp3) is 0.538. The van der Waals surface area contributed by atoms with E-state index in [0.717, 1.165) is 19.1 Å². The number of hydrogen-bond donors (Lipinski definition) is 4. The largest absolute Gasteiger partial charge is 0.411 e. The van der Waals surface area contributed by atoms with E-state index in [-0.39, 0.29) is 0 Å². The summed E-state index contributed by atoms with van der Waals surface area (Å²) in [5.41, 5.74) is 1.06. The molecule has 4 N–H and O–H groups in total. The molecule has 0 unspecified atom stereocenters. The first-order chi connectivity index (χ1) is 11.2. The zero-order valence-corrected chi connectivity index (χ0v) is 12.0. The standard InChI is InChI=1S/C13H16N6O4/c20-9-7(3-17-22)23-13(10(9)21)19-5-16-8-11(18-6-1-2-6)14-4-15-12(8)19/h3-7,9-10,13,20-22H,1-2H2,(H,14,15,18)/t7-,9-,10-,13-/m1/s1. The molecule has 4 rings (SSSR count). The summed E-state index contributed by atoms with van der Waals surface area (Å²) in [4.78, 5) is 12.7. The average molecular weight is 320 g/mol. The van der Waals surface area contributed by atoms with Crippen LogP contribution < -0.4 is 5.32 Å². The predicted molar refractivity (Wildman–Crippen MR) is 78.2 cm³/mol. The van der Waals surface area contributed by atoms with Crippen molar-refractivity contribution in [2.75, 3.05) is 5.32 Å². The number of ether oxygens (including phenoxy) is 1. The molecule has 2 aromatic rings. The van der Waals surface area contributed by atoms with Crippen LogP contribution in [0.15, 0.2) is 17.8 Å². The van der Waals surface area contributed by atoms with Crippen LogP contribution in [-0.4, -0.2) is 65.5 Å². The maximum absolute atomic E-state index is 10.2. The Hall–Kier alpha value is -2.30. The minimum absolute atomic E-state index is 0.415. The summed E-state index contributed by atoms with van der Waals surface area (Å²) in [6.45, 7) is 0. The van der Waals surface area contributed by atoms with Crippen molar-refractivity contribution in [1.82, 2.24) is 19.5 Å². The Bertz CT molecular complexity index is 745. The summed E-state index contributed by atoms with van der Waals surface area (Å²) in [6, 6.07) is 0.415. The molecule has 2 fully saturated rings. The van der Waals surface area contributed by atoms with E-state index in [0.29, 0.717) is 23.0 Å². The molecule has 0 aromatic carbocycles. The van der Waals surface area contributed by atoms with Crippen molar-refractivity contribution in [2.24, 2.45) is 5.16 Å². The van der Waals surface area contributed by atoms with E-state index in [9.17, 15) is 10.2 Å². The Morgan fingerprint density at radius 3 is 2.83 bits per heavy atom. The minimum Gasteiger partial charge on any atom is -0.411 e. The predicted octanol–water partition coefficient (Wildman–Crippen LogP) is -0.520. The Balaban J connectivity index is 1.69. The van der Waals surface area contributed by atoms with E-state index in [2.05, 4.69) is 25.4 Å². The first-order valence-corrected chi connectivity index (χ1v) is 7.32. The highest BCUT2D eigenvalue weighted by atomic mass is 16.6. The van der Waals surface area contributed by atoms with Gasteiger partial charge in [0.2, 0.25) is 0 Å².